The third-order valence-corrected chi connectivity index (χ3v) is 5.02. The molecule has 1 N–H and O–H groups in total. The molecule has 7 heteroatoms. The Balaban J connectivity index is 1.29. The lowest BCUT2D eigenvalue weighted by atomic mass is 10.2. The number of anilines is 1. The highest BCUT2D eigenvalue weighted by Crippen LogP contribution is 2.18. The quantitative estimate of drug-likeness (QED) is 0.921. The van der Waals surface area contributed by atoms with Gasteiger partial charge in [0.1, 0.15) is 5.82 Å². The molecule has 2 aromatic rings. The van der Waals surface area contributed by atoms with Crippen molar-refractivity contribution in [3.63, 3.8) is 0 Å². The second-order valence-electron chi connectivity index (χ2n) is 6.76. The minimum atomic E-state index is -0.0146. The van der Waals surface area contributed by atoms with E-state index in [2.05, 4.69) is 56.2 Å². The maximum absolute atomic E-state index is 12.4. The molecule has 1 saturated heterocycles. The fourth-order valence-corrected chi connectivity index (χ4v) is 3.60. The van der Waals surface area contributed by atoms with E-state index in [0.29, 0.717) is 6.54 Å². The molecule has 0 bridgehead atoms. The Labute approximate surface area is 147 Å². The van der Waals surface area contributed by atoms with Gasteiger partial charge in [-0.3, -0.25) is 0 Å². The monoisotopic (exact) mass is 340 g/mol. The zero-order valence-electron chi connectivity index (χ0n) is 14.6. The second-order valence-corrected chi connectivity index (χ2v) is 6.76. The second kappa shape index (κ2) is 6.74. The normalized spacial score (nSPS) is 16.8. The van der Waals surface area contributed by atoms with Gasteiger partial charge in [-0.15, -0.1) is 10.2 Å². The van der Waals surface area contributed by atoms with E-state index < -0.39 is 0 Å². The molecule has 0 aliphatic carbocycles. The van der Waals surface area contributed by atoms with Crippen LogP contribution < -0.4 is 10.2 Å². The molecule has 7 nitrogen and oxygen atoms in total. The number of nitrogens with zero attached hydrogens (tertiary/aromatic N) is 5. The van der Waals surface area contributed by atoms with Gasteiger partial charge in [-0.2, -0.15) is 0 Å². The summed E-state index contributed by atoms with van der Waals surface area (Å²) in [6.07, 6.45) is 2.11. The highest BCUT2D eigenvalue weighted by molar-refractivity contribution is 5.74. The summed E-state index contributed by atoms with van der Waals surface area (Å²) in [5.74, 6) is 1.90. The first-order valence-electron chi connectivity index (χ1n) is 8.96. The van der Waals surface area contributed by atoms with Crippen LogP contribution in [0.3, 0.4) is 0 Å². The molecule has 4 rings (SSSR count). The fourth-order valence-electron chi connectivity index (χ4n) is 3.60. The maximum Gasteiger partial charge on any atom is 0.317 e. The molecule has 0 unspecified atom stereocenters. The molecule has 0 saturated carbocycles. The Morgan fingerprint density at radius 1 is 1.16 bits per heavy atom. The van der Waals surface area contributed by atoms with E-state index >= 15 is 0 Å². The lowest BCUT2D eigenvalue weighted by Crippen LogP contribution is -2.51. The van der Waals surface area contributed by atoms with Crippen LogP contribution in [0.2, 0.25) is 0 Å². The molecule has 2 amide bonds. The lowest BCUT2D eigenvalue weighted by Gasteiger charge is -2.36. The molecule has 25 heavy (non-hydrogen) atoms. The zero-order valence-corrected chi connectivity index (χ0v) is 14.6. The highest BCUT2D eigenvalue weighted by atomic mass is 16.2. The Kier molecular flexibility index (Phi) is 4.29. The van der Waals surface area contributed by atoms with Crippen molar-refractivity contribution in [2.24, 2.45) is 0 Å². The molecule has 2 aliphatic heterocycles. The van der Waals surface area contributed by atoms with Crippen LogP contribution in [0.1, 0.15) is 23.6 Å². The van der Waals surface area contributed by atoms with Crippen LogP contribution in [-0.2, 0) is 19.5 Å². The van der Waals surface area contributed by atoms with Crippen molar-refractivity contribution in [2.45, 2.75) is 32.9 Å². The number of urea groups is 1. The van der Waals surface area contributed by atoms with E-state index in [4.69, 9.17) is 0 Å². The first-order chi connectivity index (χ1) is 12.2. The van der Waals surface area contributed by atoms with Crippen molar-refractivity contribution in [3.05, 3.63) is 41.5 Å². The number of piperazine rings is 1. The number of amides is 2. The molecule has 0 atom stereocenters. The smallest absolute Gasteiger partial charge is 0.317 e. The van der Waals surface area contributed by atoms with Gasteiger partial charge in [0.05, 0.1) is 6.54 Å². The molecule has 1 aromatic carbocycles. The Hall–Kier alpha value is -2.57. The van der Waals surface area contributed by atoms with Gasteiger partial charge in [0, 0.05) is 44.8 Å². The average Bonchev–Trinajstić information content (AvgIpc) is 3.24. The number of carbonyl (C=O) groups is 1. The number of fused-ring (bicyclic) bond motifs is 1. The van der Waals surface area contributed by atoms with Crippen LogP contribution in [-0.4, -0.2) is 51.9 Å². The van der Waals surface area contributed by atoms with Crippen LogP contribution in [0.15, 0.2) is 24.3 Å². The van der Waals surface area contributed by atoms with Gasteiger partial charge in [0.15, 0.2) is 5.82 Å². The van der Waals surface area contributed by atoms with Gasteiger partial charge in [0.2, 0.25) is 0 Å². The van der Waals surface area contributed by atoms with Gasteiger partial charge in [-0.25, -0.2) is 4.79 Å². The summed E-state index contributed by atoms with van der Waals surface area (Å²) in [5, 5.41) is 11.4. The molecule has 0 spiro atoms. The zero-order chi connectivity index (χ0) is 17.2. The van der Waals surface area contributed by atoms with Gasteiger partial charge in [-0.05, 0) is 31.0 Å². The number of aryl methyl sites for hydroxylation is 2. The first-order valence-corrected chi connectivity index (χ1v) is 8.96. The third kappa shape index (κ3) is 3.31. The van der Waals surface area contributed by atoms with Gasteiger partial charge < -0.3 is 19.7 Å². The highest BCUT2D eigenvalue weighted by Gasteiger charge is 2.22. The van der Waals surface area contributed by atoms with E-state index in [-0.39, 0.29) is 6.03 Å². The largest absolute Gasteiger partial charge is 0.368 e. The minimum absolute atomic E-state index is 0.0146. The van der Waals surface area contributed by atoms with Crippen molar-refractivity contribution >= 4 is 11.7 Å². The van der Waals surface area contributed by atoms with E-state index in [9.17, 15) is 4.79 Å². The molecular weight excluding hydrogens is 316 g/mol. The molecule has 2 aliphatic rings. The molecule has 1 aromatic heterocycles. The number of carbonyl (C=O) groups excluding carboxylic acids is 1. The number of aromatic nitrogens is 3. The summed E-state index contributed by atoms with van der Waals surface area (Å²) in [5.41, 5.74) is 2.50. The predicted molar refractivity (Wildman–Crippen MR) is 95.5 cm³/mol. The van der Waals surface area contributed by atoms with Crippen LogP contribution in [0, 0.1) is 6.92 Å². The molecule has 0 radical (unpaired) electrons. The number of hydrogen-bond acceptors (Lipinski definition) is 4. The standard InChI is InChI=1S/C18H24N6O/c1-14-4-2-5-15(12-14)22-8-10-23(11-9-22)18(25)19-13-17-21-20-16-6-3-7-24(16)17/h2,4-5,12H,3,6-11,13H2,1H3,(H,19,25). The maximum atomic E-state index is 12.4. The summed E-state index contributed by atoms with van der Waals surface area (Å²) in [6.45, 7) is 6.70. The van der Waals surface area contributed by atoms with E-state index in [0.717, 1.165) is 57.2 Å². The lowest BCUT2D eigenvalue weighted by molar-refractivity contribution is 0.193. The van der Waals surface area contributed by atoms with Gasteiger partial charge in [0.25, 0.3) is 0 Å². The first kappa shape index (κ1) is 15.9. The minimum Gasteiger partial charge on any atom is -0.368 e. The van der Waals surface area contributed by atoms with Crippen molar-refractivity contribution in [1.82, 2.24) is 25.0 Å². The van der Waals surface area contributed by atoms with Crippen molar-refractivity contribution < 1.29 is 4.79 Å². The Morgan fingerprint density at radius 2 is 2.00 bits per heavy atom. The molecule has 3 heterocycles. The Morgan fingerprint density at radius 3 is 2.80 bits per heavy atom. The summed E-state index contributed by atoms with van der Waals surface area (Å²) in [6, 6.07) is 8.50. The SMILES string of the molecule is Cc1cccc(N2CCN(C(=O)NCc3nnc4n3CCC4)CC2)c1. The van der Waals surface area contributed by atoms with Crippen molar-refractivity contribution in [1.29, 1.82) is 0 Å². The van der Waals surface area contributed by atoms with Gasteiger partial charge in [-0.1, -0.05) is 12.1 Å². The predicted octanol–water partition coefficient (Wildman–Crippen LogP) is 1.56. The summed E-state index contributed by atoms with van der Waals surface area (Å²) in [4.78, 5) is 16.6. The van der Waals surface area contributed by atoms with Gasteiger partial charge >= 0.3 is 6.03 Å². The van der Waals surface area contributed by atoms with E-state index in [1.807, 2.05) is 4.90 Å². The molecular formula is C18H24N6O. The van der Waals surface area contributed by atoms with Crippen LogP contribution in [0.5, 0.6) is 0 Å². The average molecular weight is 340 g/mol. The van der Waals surface area contributed by atoms with Crippen LogP contribution >= 0.6 is 0 Å². The number of rotatable bonds is 3. The van der Waals surface area contributed by atoms with E-state index in [1.165, 1.54) is 11.3 Å². The van der Waals surface area contributed by atoms with Crippen molar-refractivity contribution in [3.8, 4) is 0 Å². The number of hydrogen-bond donors (Lipinski definition) is 1. The Bertz CT molecular complexity index is 763. The summed E-state index contributed by atoms with van der Waals surface area (Å²) >= 11 is 0. The topological polar surface area (TPSA) is 66.3 Å². The number of nitrogens with one attached hydrogen (secondary N) is 1. The molecule has 132 valence electrons. The van der Waals surface area contributed by atoms with Crippen LogP contribution in [0.4, 0.5) is 10.5 Å². The van der Waals surface area contributed by atoms with Crippen LogP contribution in [0.25, 0.3) is 0 Å². The third-order valence-electron chi connectivity index (χ3n) is 5.02. The van der Waals surface area contributed by atoms with Crippen molar-refractivity contribution in [2.75, 3.05) is 31.1 Å². The fraction of sp³-hybridized carbons (Fsp3) is 0.500. The number of benzene rings is 1. The summed E-state index contributed by atoms with van der Waals surface area (Å²) in [7, 11) is 0. The summed E-state index contributed by atoms with van der Waals surface area (Å²) < 4.78 is 2.12. The van der Waals surface area contributed by atoms with E-state index in [1.54, 1.807) is 0 Å². The molecule has 1 fully saturated rings.